The molecule has 3 N–H and O–H groups in total. The van der Waals surface area contributed by atoms with Gasteiger partial charge in [0, 0.05) is 18.6 Å². The number of hydrogen-bond donors (Lipinski definition) is 3. The average molecular weight is 281 g/mol. The Balaban J connectivity index is 1.58. The zero-order chi connectivity index (χ0) is 14.2. The first-order valence-corrected chi connectivity index (χ1v) is 7.67. The van der Waals surface area contributed by atoms with Crippen molar-refractivity contribution >= 4 is 12.0 Å². The molecule has 2 aliphatic heterocycles. The highest BCUT2D eigenvalue weighted by Gasteiger charge is 2.44. The van der Waals surface area contributed by atoms with Crippen molar-refractivity contribution in [1.29, 1.82) is 0 Å². The van der Waals surface area contributed by atoms with Crippen LogP contribution in [0.4, 0.5) is 4.79 Å². The maximum atomic E-state index is 12.1. The molecule has 3 fully saturated rings. The van der Waals surface area contributed by atoms with Crippen molar-refractivity contribution in [2.45, 2.75) is 62.6 Å². The fourth-order valence-corrected chi connectivity index (χ4v) is 4.04. The molecule has 2 amide bonds. The number of carbonyl (C=O) groups excluding carboxylic acids is 1. The summed E-state index contributed by atoms with van der Waals surface area (Å²) in [5, 5.41) is 15.1. The van der Waals surface area contributed by atoms with Gasteiger partial charge in [0.2, 0.25) is 0 Å². The summed E-state index contributed by atoms with van der Waals surface area (Å²) in [6, 6.07) is 0.308. The quantitative estimate of drug-likeness (QED) is 0.718. The Kier molecular flexibility index (Phi) is 3.58. The number of carboxylic acid groups (broad SMARTS) is 1. The maximum absolute atomic E-state index is 12.1. The van der Waals surface area contributed by atoms with Gasteiger partial charge in [-0.15, -0.1) is 0 Å². The zero-order valence-electron chi connectivity index (χ0n) is 11.7. The first-order valence-electron chi connectivity index (χ1n) is 7.67. The number of fused-ring (bicyclic) bond motifs is 1. The highest BCUT2D eigenvalue weighted by Crippen LogP contribution is 2.30. The van der Waals surface area contributed by atoms with Gasteiger partial charge in [-0.1, -0.05) is 12.8 Å². The number of nitrogens with zero attached hydrogens (tertiary/aromatic N) is 1. The van der Waals surface area contributed by atoms with Crippen LogP contribution in [0.25, 0.3) is 0 Å². The minimum Gasteiger partial charge on any atom is -0.480 e. The molecule has 2 saturated heterocycles. The lowest BCUT2D eigenvalue weighted by molar-refractivity contribution is -0.144. The fourth-order valence-electron chi connectivity index (χ4n) is 4.04. The smallest absolute Gasteiger partial charge is 0.329 e. The first-order chi connectivity index (χ1) is 9.61. The van der Waals surface area contributed by atoms with Crippen LogP contribution in [0.5, 0.6) is 0 Å². The molecule has 2 heterocycles. The number of hydrogen-bond acceptors (Lipinski definition) is 3. The highest BCUT2D eigenvalue weighted by molar-refractivity contribution is 5.86. The van der Waals surface area contributed by atoms with E-state index < -0.39 is 11.5 Å². The molecule has 1 aliphatic carbocycles. The molecule has 2 atom stereocenters. The first kappa shape index (κ1) is 13.7. The molecule has 3 rings (SSSR count). The number of amides is 2. The van der Waals surface area contributed by atoms with Gasteiger partial charge in [0.15, 0.2) is 0 Å². The number of urea groups is 1. The maximum Gasteiger partial charge on any atom is 0.329 e. The molecule has 0 spiro atoms. The van der Waals surface area contributed by atoms with Crippen LogP contribution in [0.15, 0.2) is 0 Å². The number of carboxylic acids is 1. The SMILES string of the molecule is O=C(NC1CCN2CCCC12)NC1(C(=O)O)CCCC1. The molecule has 1 saturated carbocycles. The van der Waals surface area contributed by atoms with Gasteiger partial charge in [0.1, 0.15) is 5.54 Å². The molecule has 0 radical (unpaired) electrons. The predicted octanol–water partition coefficient (Wildman–Crippen LogP) is 0.920. The second-order valence-electron chi connectivity index (χ2n) is 6.33. The van der Waals surface area contributed by atoms with Crippen molar-refractivity contribution in [2.24, 2.45) is 0 Å². The van der Waals surface area contributed by atoms with Crippen LogP contribution < -0.4 is 10.6 Å². The number of nitrogens with one attached hydrogen (secondary N) is 2. The third kappa shape index (κ3) is 2.37. The number of aliphatic carboxylic acids is 1. The van der Waals surface area contributed by atoms with Crippen LogP contribution in [0.2, 0.25) is 0 Å². The molecule has 6 nitrogen and oxygen atoms in total. The topological polar surface area (TPSA) is 81.7 Å². The lowest BCUT2D eigenvalue weighted by Crippen LogP contribution is -2.57. The molecule has 0 aromatic heterocycles. The second kappa shape index (κ2) is 5.24. The van der Waals surface area contributed by atoms with Gasteiger partial charge in [-0.25, -0.2) is 9.59 Å². The molecule has 0 aromatic carbocycles. The van der Waals surface area contributed by atoms with E-state index >= 15 is 0 Å². The van der Waals surface area contributed by atoms with Gasteiger partial charge in [0.25, 0.3) is 0 Å². The fraction of sp³-hybridized carbons (Fsp3) is 0.857. The molecule has 0 aromatic rings. The van der Waals surface area contributed by atoms with Crippen LogP contribution in [0.1, 0.15) is 44.9 Å². The number of carbonyl (C=O) groups is 2. The van der Waals surface area contributed by atoms with Crippen LogP contribution in [0, 0.1) is 0 Å². The molecular weight excluding hydrogens is 258 g/mol. The summed E-state index contributed by atoms with van der Waals surface area (Å²) in [5.41, 5.74) is -1.04. The Hall–Kier alpha value is -1.30. The van der Waals surface area contributed by atoms with E-state index in [9.17, 15) is 14.7 Å². The molecule has 6 heteroatoms. The Morgan fingerprint density at radius 3 is 2.55 bits per heavy atom. The lowest BCUT2D eigenvalue weighted by atomic mass is 9.98. The van der Waals surface area contributed by atoms with Crippen molar-refractivity contribution in [3.05, 3.63) is 0 Å². The molecule has 112 valence electrons. The summed E-state index contributed by atoms with van der Waals surface area (Å²) >= 11 is 0. The van der Waals surface area contributed by atoms with E-state index in [0.29, 0.717) is 18.9 Å². The standard InChI is InChI=1S/C14H23N3O3/c18-12(19)14(6-1-2-7-14)16-13(20)15-10-5-9-17-8-3-4-11(10)17/h10-11H,1-9H2,(H,18,19)(H2,15,16,20). The van der Waals surface area contributed by atoms with Crippen molar-refractivity contribution in [1.82, 2.24) is 15.5 Å². The number of rotatable bonds is 3. The minimum atomic E-state index is -1.04. The Morgan fingerprint density at radius 1 is 1.10 bits per heavy atom. The van der Waals surface area contributed by atoms with Gasteiger partial charge in [0.05, 0.1) is 0 Å². The highest BCUT2D eigenvalue weighted by atomic mass is 16.4. The van der Waals surface area contributed by atoms with Crippen LogP contribution in [-0.2, 0) is 4.79 Å². The van der Waals surface area contributed by atoms with Gasteiger partial charge in [-0.3, -0.25) is 4.90 Å². The second-order valence-corrected chi connectivity index (χ2v) is 6.33. The summed E-state index contributed by atoms with van der Waals surface area (Å²) < 4.78 is 0. The Bertz CT molecular complexity index is 406. The molecule has 2 unspecified atom stereocenters. The Labute approximate surface area is 118 Å². The van der Waals surface area contributed by atoms with Crippen LogP contribution >= 0.6 is 0 Å². The third-order valence-corrected chi connectivity index (χ3v) is 5.14. The summed E-state index contributed by atoms with van der Waals surface area (Å²) in [6.45, 7) is 2.17. The van der Waals surface area contributed by atoms with E-state index in [0.717, 1.165) is 38.8 Å². The van der Waals surface area contributed by atoms with Crippen molar-refractivity contribution in [3.8, 4) is 0 Å². The van der Waals surface area contributed by atoms with E-state index in [-0.39, 0.29) is 12.1 Å². The largest absolute Gasteiger partial charge is 0.480 e. The van der Waals surface area contributed by atoms with Gasteiger partial charge in [-0.05, 0) is 38.6 Å². The van der Waals surface area contributed by atoms with Gasteiger partial charge < -0.3 is 15.7 Å². The van der Waals surface area contributed by atoms with Crippen molar-refractivity contribution in [3.63, 3.8) is 0 Å². The molecular formula is C14H23N3O3. The molecule has 20 heavy (non-hydrogen) atoms. The van der Waals surface area contributed by atoms with E-state index in [1.807, 2.05) is 0 Å². The van der Waals surface area contributed by atoms with E-state index in [4.69, 9.17) is 0 Å². The van der Waals surface area contributed by atoms with Crippen LogP contribution in [-0.4, -0.2) is 52.7 Å². The third-order valence-electron chi connectivity index (χ3n) is 5.14. The van der Waals surface area contributed by atoms with E-state index in [1.54, 1.807) is 0 Å². The van der Waals surface area contributed by atoms with E-state index in [2.05, 4.69) is 15.5 Å². The zero-order valence-corrected chi connectivity index (χ0v) is 11.7. The monoisotopic (exact) mass is 281 g/mol. The van der Waals surface area contributed by atoms with Crippen molar-refractivity contribution < 1.29 is 14.7 Å². The van der Waals surface area contributed by atoms with Crippen LogP contribution in [0.3, 0.4) is 0 Å². The summed E-state index contributed by atoms with van der Waals surface area (Å²) in [5.74, 6) is -0.904. The summed E-state index contributed by atoms with van der Waals surface area (Å²) in [4.78, 5) is 26.0. The molecule has 0 bridgehead atoms. The lowest BCUT2D eigenvalue weighted by Gasteiger charge is -2.28. The molecule has 3 aliphatic rings. The normalized spacial score (nSPS) is 32.0. The predicted molar refractivity (Wildman–Crippen MR) is 73.5 cm³/mol. The van der Waals surface area contributed by atoms with E-state index in [1.165, 1.54) is 6.42 Å². The van der Waals surface area contributed by atoms with Gasteiger partial charge in [-0.2, -0.15) is 0 Å². The Morgan fingerprint density at radius 2 is 1.85 bits per heavy atom. The summed E-state index contributed by atoms with van der Waals surface area (Å²) in [6.07, 6.45) is 6.11. The average Bonchev–Trinajstić information content (AvgIpc) is 3.07. The minimum absolute atomic E-state index is 0.171. The van der Waals surface area contributed by atoms with Gasteiger partial charge >= 0.3 is 12.0 Å². The van der Waals surface area contributed by atoms with Crippen molar-refractivity contribution in [2.75, 3.05) is 13.1 Å². The summed E-state index contributed by atoms with van der Waals surface area (Å²) in [7, 11) is 0.